The first-order valence-corrected chi connectivity index (χ1v) is 3.81. The van der Waals surface area contributed by atoms with E-state index in [1.165, 1.54) is 6.08 Å². The summed E-state index contributed by atoms with van der Waals surface area (Å²) in [6.45, 7) is 0. The average molecular weight is 193 g/mol. The molecule has 1 aliphatic carbocycles. The molecule has 0 radical (unpaired) electrons. The van der Waals surface area contributed by atoms with E-state index in [9.17, 15) is 4.79 Å². The van der Waals surface area contributed by atoms with Gasteiger partial charge in [0.2, 0.25) is 0 Å². The molecule has 0 aromatic heterocycles. The Morgan fingerprint density at radius 3 is 2.55 bits per heavy atom. The second kappa shape index (κ2) is 2.88. The van der Waals surface area contributed by atoms with Crippen LogP contribution in [0.3, 0.4) is 0 Å². The highest BCUT2D eigenvalue weighted by molar-refractivity contribution is 6.42. The molecule has 2 nitrogen and oxygen atoms in total. The van der Waals surface area contributed by atoms with E-state index in [-0.39, 0.29) is 0 Å². The van der Waals surface area contributed by atoms with Crippen molar-refractivity contribution in [2.75, 3.05) is 0 Å². The van der Waals surface area contributed by atoms with Crippen molar-refractivity contribution in [2.45, 2.75) is 10.3 Å². The highest BCUT2D eigenvalue weighted by Crippen LogP contribution is 2.30. The van der Waals surface area contributed by atoms with Crippen LogP contribution in [0, 0.1) is 0 Å². The molecular formula is C7H6Cl2O2. The molecule has 0 aromatic carbocycles. The number of hydrogen-bond acceptors (Lipinski definition) is 1. The first kappa shape index (κ1) is 8.62. The van der Waals surface area contributed by atoms with Crippen molar-refractivity contribution >= 4 is 29.2 Å². The summed E-state index contributed by atoms with van der Waals surface area (Å²) in [7, 11) is 0. The second-order valence-corrected chi connectivity index (χ2v) is 3.31. The Hall–Kier alpha value is -0.470. The Kier molecular flexibility index (Phi) is 2.25. The Bertz CT molecular complexity index is 235. The third kappa shape index (κ3) is 1.42. The molecule has 2 atom stereocenters. The maximum Gasteiger partial charge on any atom is 0.330 e. The lowest BCUT2D eigenvalue weighted by atomic mass is 10.00. The van der Waals surface area contributed by atoms with E-state index in [1.54, 1.807) is 18.2 Å². The van der Waals surface area contributed by atoms with E-state index in [2.05, 4.69) is 0 Å². The van der Waals surface area contributed by atoms with Crippen LogP contribution in [0.25, 0.3) is 0 Å². The average Bonchev–Trinajstić information content (AvgIpc) is 1.95. The number of carbonyl (C=O) groups is 1. The van der Waals surface area contributed by atoms with Gasteiger partial charge in [-0.15, -0.1) is 23.2 Å². The third-order valence-corrected chi connectivity index (χ3v) is 2.58. The van der Waals surface area contributed by atoms with Gasteiger partial charge in [0.1, 0.15) is 0 Å². The van der Waals surface area contributed by atoms with E-state index in [0.717, 1.165) is 0 Å². The van der Waals surface area contributed by atoms with Gasteiger partial charge in [-0.1, -0.05) is 24.3 Å². The minimum Gasteiger partial charge on any atom is -0.480 e. The van der Waals surface area contributed by atoms with Crippen molar-refractivity contribution in [1.82, 2.24) is 0 Å². The van der Waals surface area contributed by atoms with Gasteiger partial charge in [-0.25, -0.2) is 4.79 Å². The number of alkyl halides is 2. The number of carboxylic acids is 1. The lowest BCUT2D eigenvalue weighted by Crippen LogP contribution is -2.39. The number of aliphatic carboxylic acids is 1. The molecule has 0 spiro atoms. The van der Waals surface area contributed by atoms with Gasteiger partial charge < -0.3 is 5.11 Å². The summed E-state index contributed by atoms with van der Waals surface area (Å²) in [4.78, 5) is 9.11. The van der Waals surface area contributed by atoms with Crippen LogP contribution in [0.5, 0.6) is 0 Å². The molecule has 0 aromatic rings. The van der Waals surface area contributed by atoms with Crippen molar-refractivity contribution in [1.29, 1.82) is 0 Å². The summed E-state index contributed by atoms with van der Waals surface area (Å²) in [6, 6.07) is 0. The van der Waals surface area contributed by atoms with Crippen LogP contribution in [0.15, 0.2) is 24.3 Å². The molecule has 0 bridgehead atoms. The van der Waals surface area contributed by atoms with Crippen LogP contribution in [-0.4, -0.2) is 21.3 Å². The Labute approximate surface area is 74.1 Å². The summed E-state index contributed by atoms with van der Waals surface area (Å²) in [5.41, 5.74) is 0. The molecule has 0 aliphatic heterocycles. The van der Waals surface area contributed by atoms with Crippen molar-refractivity contribution in [3.05, 3.63) is 24.3 Å². The van der Waals surface area contributed by atoms with Crippen LogP contribution >= 0.6 is 23.2 Å². The van der Waals surface area contributed by atoms with Crippen molar-refractivity contribution in [2.24, 2.45) is 0 Å². The molecule has 1 aliphatic rings. The molecule has 0 saturated heterocycles. The quantitative estimate of drug-likeness (QED) is 0.644. The molecule has 1 N–H and O–H groups in total. The molecular weight excluding hydrogens is 187 g/mol. The fraction of sp³-hybridized carbons (Fsp3) is 0.286. The second-order valence-electron chi connectivity index (χ2n) is 2.22. The first-order valence-electron chi connectivity index (χ1n) is 3.00. The van der Waals surface area contributed by atoms with Gasteiger partial charge >= 0.3 is 5.97 Å². The minimum atomic E-state index is -1.48. The van der Waals surface area contributed by atoms with Gasteiger partial charge in [0, 0.05) is 0 Å². The summed E-state index contributed by atoms with van der Waals surface area (Å²) < 4.78 is 0. The monoisotopic (exact) mass is 192 g/mol. The Balaban J connectivity index is 2.94. The van der Waals surface area contributed by atoms with Crippen molar-refractivity contribution in [3.63, 3.8) is 0 Å². The standard InChI is InChI=1S/C7H6Cl2O2/c8-5-3-1-2-4-7(5,9)6(10)11/h1-5H,(H,10,11). The zero-order valence-electron chi connectivity index (χ0n) is 5.50. The smallest absolute Gasteiger partial charge is 0.330 e. The number of carboxylic acid groups (broad SMARTS) is 1. The van der Waals surface area contributed by atoms with Gasteiger partial charge in [-0.3, -0.25) is 0 Å². The van der Waals surface area contributed by atoms with Crippen LogP contribution in [-0.2, 0) is 4.79 Å². The van der Waals surface area contributed by atoms with E-state index in [0.29, 0.717) is 0 Å². The highest BCUT2D eigenvalue weighted by Gasteiger charge is 2.40. The normalized spacial score (nSPS) is 35.6. The van der Waals surface area contributed by atoms with Crippen LogP contribution in [0.2, 0.25) is 0 Å². The number of hydrogen-bond donors (Lipinski definition) is 1. The molecule has 0 heterocycles. The Morgan fingerprint density at radius 1 is 1.55 bits per heavy atom. The zero-order chi connectivity index (χ0) is 8.48. The SMILES string of the molecule is O=C(O)C1(Cl)C=CC=CC1Cl. The Morgan fingerprint density at radius 2 is 2.18 bits per heavy atom. The van der Waals surface area contributed by atoms with E-state index in [1.807, 2.05) is 0 Å². The molecule has 1 rings (SSSR count). The molecule has 11 heavy (non-hydrogen) atoms. The van der Waals surface area contributed by atoms with Crippen LogP contribution in [0.4, 0.5) is 0 Å². The number of halogens is 2. The summed E-state index contributed by atoms with van der Waals surface area (Å²) in [5, 5.41) is 7.98. The lowest BCUT2D eigenvalue weighted by Gasteiger charge is -2.23. The molecule has 0 amide bonds. The van der Waals surface area contributed by atoms with Crippen LogP contribution < -0.4 is 0 Å². The summed E-state index contributed by atoms with van der Waals surface area (Å²) in [6.07, 6.45) is 6.15. The van der Waals surface area contributed by atoms with Gasteiger partial charge in [-0.05, 0) is 0 Å². The largest absolute Gasteiger partial charge is 0.480 e. The lowest BCUT2D eigenvalue weighted by molar-refractivity contribution is -0.138. The molecule has 2 unspecified atom stereocenters. The minimum absolute atomic E-state index is 0.688. The highest BCUT2D eigenvalue weighted by atomic mass is 35.5. The van der Waals surface area contributed by atoms with Crippen LogP contribution in [0.1, 0.15) is 0 Å². The van der Waals surface area contributed by atoms with Crippen molar-refractivity contribution < 1.29 is 9.90 Å². The fourth-order valence-corrected chi connectivity index (χ4v) is 1.17. The fourth-order valence-electron chi connectivity index (χ4n) is 0.779. The predicted molar refractivity (Wildman–Crippen MR) is 44.1 cm³/mol. The number of allylic oxidation sites excluding steroid dienone is 3. The third-order valence-electron chi connectivity index (χ3n) is 1.46. The topological polar surface area (TPSA) is 37.3 Å². The molecule has 60 valence electrons. The van der Waals surface area contributed by atoms with Gasteiger partial charge in [0.05, 0.1) is 5.38 Å². The van der Waals surface area contributed by atoms with Gasteiger partial charge in [0.25, 0.3) is 0 Å². The van der Waals surface area contributed by atoms with E-state index < -0.39 is 16.2 Å². The van der Waals surface area contributed by atoms with Gasteiger partial charge in [-0.2, -0.15) is 0 Å². The van der Waals surface area contributed by atoms with Gasteiger partial charge in [0.15, 0.2) is 4.87 Å². The summed E-state index contributed by atoms with van der Waals surface area (Å²) >= 11 is 11.4. The zero-order valence-corrected chi connectivity index (χ0v) is 7.01. The van der Waals surface area contributed by atoms with E-state index in [4.69, 9.17) is 28.3 Å². The molecule has 0 fully saturated rings. The maximum absolute atomic E-state index is 10.6. The maximum atomic E-state index is 10.6. The number of rotatable bonds is 1. The van der Waals surface area contributed by atoms with E-state index >= 15 is 0 Å². The molecule has 4 heteroatoms. The summed E-state index contributed by atoms with van der Waals surface area (Å²) in [5.74, 6) is -1.13. The first-order chi connectivity index (χ1) is 5.07. The van der Waals surface area contributed by atoms with Crippen molar-refractivity contribution in [3.8, 4) is 0 Å². The molecule has 0 saturated carbocycles. The predicted octanol–water partition coefficient (Wildman–Crippen LogP) is 1.78.